The quantitative estimate of drug-likeness (QED) is 0.480. The van der Waals surface area contributed by atoms with Crippen LogP contribution >= 0.6 is 7.92 Å². The average molecular weight is 415 g/mol. The van der Waals surface area contributed by atoms with Crippen LogP contribution in [0, 0.1) is 0 Å². The fraction of sp³-hybridized carbons (Fsp3) is 0.400. The molecule has 0 spiro atoms. The number of allylic oxidation sites excluding steroid dienone is 5. The smallest absolute Gasteiger partial charge is 1.00 e. The second kappa shape index (κ2) is 9.75. The summed E-state index contributed by atoms with van der Waals surface area (Å²) in [5.74, 6) is 0. The Kier molecular flexibility index (Phi) is 9.02. The molecule has 1 atom stereocenters. The van der Waals surface area contributed by atoms with Gasteiger partial charge in [0.05, 0.1) is 0 Å². The molecule has 128 valence electrons. The SMILES string of the molecule is CC(C)P(C1=Cc2ccccc2[CH]1[Ti+2][C]1=CC=CC1)C(C)C.[Cl-].[Cl-]. The first-order chi connectivity index (χ1) is 10.6. The van der Waals surface area contributed by atoms with Crippen LogP contribution in [0.4, 0.5) is 0 Å². The Hall–Kier alpha value is 0.164. The Morgan fingerprint density at radius 2 is 1.71 bits per heavy atom. The van der Waals surface area contributed by atoms with Crippen molar-refractivity contribution in [1.29, 1.82) is 0 Å². The van der Waals surface area contributed by atoms with Gasteiger partial charge in [-0.2, -0.15) is 0 Å². The summed E-state index contributed by atoms with van der Waals surface area (Å²) in [5, 5.41) is 1.79. The summed E-state index contributed by atoms with van der Waals surface area (Å²) >= 11 is -0.107. The van der Waals surface area contributed by atoms with Gasteiger partial charge in [-0.05, 0) is 0 Å². The Morgan fingerprint density at radius 3 is 2.29 bits per heavy atom. The predicted octanol–water partition coefficient (Wildman–Crippen LogP) is 0.315. The van der Waals surface area contributed by atoms with E-state index < -0.39 is 0 Å². The minimum atomic E-state index is -0.107. The summed E-state index contributed by atoms with van der Waals surface area (Å²) in [6, 6.07) is 9.11. The summed E-state index contributed by atoms with van der Waals surface area (Å²) in [4.78, 5) is 0. The van der Waals surface area contributed by atoms with E-state index in [4.69, 9.17) is 0 Å². The topological polar surface area (TPSA) is 0 Å². The summed E-state index contributed by atoms with van der Waals surface area (Å²) in [6.07, 6.45) is 10.7. The van der Waals surface area contributed by atoms with Crippen molar-refractivity contribution < 1.29 is 44.0 Å². The van der Waals surface area contributed by atoms with Crippen LogP contribution in [-0.4, -0.2) is 11.3 Å². The van der Waals surface area contributed by atoms with Crippen LogP contribution in [-0.2, 0) is 19.2 Å². The minimum Gasteiger partial charge on any atom is -1.00 e. The van der Waals surface area contributed by atoms with Crippen molar-refractivity contribution in [2.45, 2.75) is 49.7 Å². The van der Waals surface area contributed by atoms with Gasteiger partial charge in [-0.25, -0.2) is 0 Å². The average Bonchev–Trinajstić information content (AvgIpc) is 3.08. The number of fused-ring (bicyclic) bond motifs is 1. The predicted molar refractivity (Wildman–Crippen MR) is 96.2 cm³/mol. The zero-order chi connectivity index (χ0) is 15.7. The third-order valence-corrected chi connectivity index (χ3v) is 10.6. The van der Waals surface area contributed by atoms with E-state index in [-0.39, 0.29) is 51.9 Å². The van der Waals surface area contributed by atoms with E-state index in [0.717, 1.165) is 15.5 Å². The first-order valence-corrected chi connectivity index (χ1v) is 11.4. The molecule has 0 saturated heterocycles. The standard InChI is InChI=1S/C15H20P.C5H5.2ClH.Ti/c1-11(2)16(12(3)4)15-9-13-7-5-6-8-14(13)10-15;1-2-4-5-3-1;;;/h5-12H,1-4H3;1-3H,4H2;2*1H;/q;;;;+2/p-2. The van der Waals surface area contributed by atoms with E-state index >= 15 is 0 Å². The van der Waals surface area contributed by atoms with E-state index in [2.05, 4.69) is 76.3 Å². The molecular weight excluding hydrogens is 390 g/mol. The summed E-state index contributed by atoms with van der Waals surface area (Å²) < 4.78 is 2.45. The number of benzene rings is 1. The van der Waals surface area contributed by atoms with Crippen molar-refractivity contribution in [1.82, 2.24) is 0 Å². The van der Waals surface area contributed by atoms with Crippen molar-refractivity contribution >= 4 is 14.0 Å². The van der Waals surface area contributed by atoms with Crippen LogP contribution in [0.1, 0.15) is 49.5 Å². The van der Waals surface area contributed by atoms with Crippen LogP contribution < -0.4 is 24.8 Å². The molecular formula is C20H25Cl2PTi. The zero-order valence-electron chi connectivity index (χ0n) is 14.8. The van der Waals surface area contributed by atoms with Crippen molar-refractivity contribution in [3.05, 3.63) is 62.8 Å². The molecule has 4 heteroatoms. The minimum absolute atomic E-state index is 0. The van der Waals surface area contributed by atoms with Gasteiger partial charge in [0.15, 0.2) is 0 Å². The van der Waals surface area contributed by atoms with Gasteiger partial charge in [0, 0.05) is 0 Å². The van der Waals surface area contributed by atoms with Crippen molar-refractivity contribution in [2.75, 3.05) is 0 Å². The molecule has 1 unspecified atom stereocenters. The van der Waals surface area contributed by atoms with Gasteiger partial charge in [-0.15, -0.1) is 0 Å². The summed E-state index contributed by atoms with van der Waals surface area (Å²) in [7, 11) is -0.0409. The third-order valence-electron chi connectivity index (χ3n) is 4.42. The normalized spacial score (nSPS) is 18.0. The molecule has 0 aromatic heterocycles. The van der Waals surface area contributed by atoms with E-state index in [1.165, 1.54) is 12.0 Å². The van der Waals surface area contributed by atoms with Crippen LogP contribution in [0.25, 0.3) is 6.08 Å². The molecule has 0 N–H and O–H groups in total. The maximum atomic E-state index is 2.55. The largest absolute Gasteiger partial charge is 1.00 e. The van der Waals surface area contributed by atoms with Crippen LogP contribution in [0.5, 0.6) is 0 Å². The summed E-state index contributed by atoms with van der Waals surface area (Å²) in [6.45, 7) is 9.68. The Balaban J connectivity index is 0.00000144. The third kappa shape index (κ3) is 4.66. The van der Waals surface area contributed by atoms with Gasteiger partial charge in [-0.3, -0.25) is 0 Å². The molecule has 0 nitrogen and oxygen atoms in total. The van der Waals surface area contributed by atoms with Gasteiger partial charge in [0.2, 0.25) is 0 Å². The fourth-order valence-electron chi connectivity index (χ4n) is 3.61. The Morgan fingerprint density at radius 1 is 1.04 bits per heavy atom. The van der Waals surface area contributed by atoms with Crippen molar-refractivity contribution in [2.24, 2.45) is 0 Å². The number of halogens is 2. The van der Waals surface area contributed by atoms with E-state index in [9.17, 15) is 0 Å². The molecule has 2 aliphatic rings. The first kappa shape index (κ1) is 22.2. The first-order valence-electron chi connectivity index (χ1n) is 8.29. The van der Waals surface area contributed by atoms with Crippen molar-refractivity contribution in [3.63, 3.8) is 0 Å². The molecule has 2 aliphatic carbocycles. The van der Waals surface area contributed by atoms with Crippen LogP contribution in [0.15, 0.2) is 51.7 Å². The second-order valence-corrected chi connectivity index (χ2v) is 12.4. The van der Waals surface area contributed by atoms with Gasteiger partial charge in [0.25, 0.3) is 0 Å². The molecule has 0 heterocycles. The van der Waals surface area contributed by atoms with E-state index in [1.54, 1.807) is 14.8 Å². The monoisotopic (exact) mass is 414 g/mol. The molecule has 0 fully saturated rings. The van der Waals surface area contributed by atoms with E-state index in [0.29, 0.717) is 0 Å². The molecule has 1 aromatic rings. The maximum absolute atomic E-state index is 2.55. The van der Waals surface area contributed by atoms with Gasteiger partial charge in [-0.1, -0.05) is 0 Å². The second-order valence-electron chi connectivity index (χ2n) is 6.69. The molecule has 0 radical (unpaired) electrons. The maximum Gasteiger partial charge on any atom is -1.00 e. The number of rotatable bonds is 5. The van der Waals surface area contributed by atoms with Crippen LogP contribution in [0.2, 0.25) is 0 Å². The number of hydrogen-bond acceptors (Lipinski definition) is 0. The number of hydrogen-bond donors (Lipinski definition) is 0. The fourth-order valence-corrected chi connectivity index (χ4v) is 9.95. The van der Waals surface area contributed by atoms with Gasteiger partial charge < -0.3 is 24.8 Å². The molecule has 0 aliphatic heterocycles. The molecule has 0 saturated carbocycles. The van der Waals surface area contributed by atoms with Crippen LogP contribution in [0.3, 0.4) is 0 Å². The van der Waals surface area contributed by atoms with Crippen molar-refractivity contribution in [3.8, 4) is 0 Å². The Labute approximate surface area is 169 Å². The molecule has 0 bridgehead atoms. The molecule has 3 rings (SSSR count). The Bertz CT molecular complexity index is 639. The molecule has 0 amide bonds. The van der Waals surface area contributed by atoms with Gasteiger partial charge >= 0.3 is 146 Å². The van der Waals surface area contributed by atoms with Gasteiger partial charge in [0.1, 0.15) is 0 Å². The summed E-state index contributed by atoms with van der Waals surface area (Å²) in [5.41, 5.74) is 4.66. The van der Waals surface area contributed by atoms with E-state index in [1.807, 2.05) is 0 Å². The molecule has 1 aromatic carbocycles. The molecule has 24 heavy (non-hydrogen) atoms. The zero-order valence-corrected chi connectivity index (χ0v) is 18.7.